The van der Waals surface area contributed by atoms with Crippen molar-refractivity contribution >= 4 is 17.5 Å². The van der Waals surface area contributed by atoms with Crippen LogP contribution in [0.1, 0.15) is 20.7 Å². The summed E-state index contributed by atoms with van der Waals surface area (Å²) in [4.78, 5) is 26.1. The van der Waals surface area contributed by atoms with Gasteiger partial charge in [0.1, 0.15) is 0 Å². The molecule has 1 aliphatic heterocycles. The molecule has 1 aliphatic rings. The minimum atomic E-state index is -0.259. The molecule has 0 aromatic heterocycles. The second kappa shape index (κ2) is 6.24. The van der Waals surface area contributed by atoms with Crippen LogP contribution < -0.4 is 5.32 Å². The van der Waals surface area contributed by atoms with Crippen molar-refractivity contribution in [3.8, 4) is 11.1 Å². The number of imide groups is 1. The van der Waals surface area contributed by atoms with Crippen LogP contribution in [-0.2, 0) is 0 Å². The first-order valence-corrected chi connectivity index (χ1v) is 8.09. The summed E-state index contributed by atoms with van der Waals surface area (Å²) in [5.41, 5.74) is 3.91. The van der Waals surface area contributed by atoms with E-state index in [0.29, 0.717) is 11.1 Å². The van der Waals surface area contributed by atoms with E-state index in [1.54, 1.807) is 24.3 Å². The Hall–Kier alpha value is -3.40. The Morgan fingerprint density at radius 3 is 1.80 bits per heavy atom. The van der Waals surface area contributed by atoms with E-state index in [9.17, 15) is 9.59 Å². The van der Waals surface area contributed by atoms with Crippen LogP contribution in [-0.4, -0.2) is 23.4 Å². The number of fused-ring (bicyclic) bond motifs is 1. The summed E-state index contributed by atoms with van der Waals surface area (Å²) >= 11 is 0. The van der Waals surface area contributed by atoms with Gasteiger partial charge in [-0.1, -0.05) is 60.7 Å². The molecule has 0 fully saturated rings. The SMILES string of the molecule is O=C1c2ccccc2C(=O)N1CNc1ccccc1-c1ccccc1. The number of carbonyl (C=O) groups is 2. The molecule has 122 valence electrons. The van der Waals surface area contributed by atoms with Crippen LogP contribution in [0.4, 0.5) is 5.69 Å². The third kappa shape index (κ3) is 2.68. The lowest BCUT2D eigenvalue weighted by molar-refractivity contribution is 0.0666. The topological polar surface area (TPSA) is 49.4 Å². The van der Waals surface area contributed by atoms with Crippen molar-refractivity contribution in [2.24, 2.45) is 0 Å². The molecule has 0 saturated heterocycles. The summed E-state index contributed by atoms with van der Waals surface area (Å²) < 4.78 is 0. The van der Waals surface area contributed by atoms with E-state index in [2.05, 4.69) is 5.32 Å². The number of benzene rings is 3. The number of hydrogen-bond donors (Lipinski definition) is 1. The fourth-order valence-corrected chi connectivity index (χ4v) is 3.05. The number of carbonyl (C=O) groups excluding carboxylic acids is 2. The quantitative estimate of drug-likeness (QED) is 0.736. The van der Waals surface area contributed by atoms with E-state index in [1.165, 1.54) is 4.90 Å². The van der Waals surface area contributed by atoms with E-state index < -0.39 is 0 Å². The predicted molar refractivity (Wildman–Crippen MR) is 97.3 cm³/mol. The maximum absolute atomic E-state index is 12.4. The molecule has 0 saturated carbocycles. The Morgan fingerprint density at radius 2 is 1.16 bits per heavy atom. The van der Waals surface area contributed by atoms with Crippen molar-refractivity contribution in [3.63, 3.8) is 0 Å². The highest BCUT2D eigenvalue weighted by molar-refractivity contribution is 6.21. The van der Waals surface area contributed by atoms with Gasteiger partial charge in [0.05, 0.1) is 17.8 Å². The van der Waals surface area contributed by atoms with Gasteiger partial charge in [-0.3, -0.25) is 14.5 Å². The van der Waals surface area contributed by atoms with Gasteiger partial charge in [-0.05, 0) is 23.8 Å². The number of anilines is 1. The Bertz CT molecular complexity index is 916. The summed E-state index contributed by atoms with van der Waals surface area (Å²) in [5, 5.41) is 3.23. The first-order chi connectivity index (χ1) is 12.3. The highest BCUT2D eigenvalue weighted by Crippen LogP contribution is 2.28. The molecule has 0 aliphatic carbocycles. The third-order valence-electron chi connectivity index (χ3n) is 4.32. The highest BCUT2D eigenvalue weighted by atomic mass is 16.2. The minimum Gasteiger partial charge on any atom is -0.367 e. The van der Waals surface area contributed by atoms with Gasteiger partial charge in [0.15, 0.2) is 0 Å². The first-order valence-electron chi connectivity index (χ1n) is 8.09. The second-order valence-corrected chi connectivity index (χ2v) is 5.83. The standard InChI is InChI=1S/C21H16N2O2/c24-20-17-11-4-5-12-18(17)21(25)23(20)14-22-19-13-7-6-10-16(19)15-8-2-1-3-9-15/h1-13,22H,14H2. The number of amides is 2. The van der Waals surface area contributed by atoms with Crippen molar-refractivity contribution in [1.29, 1.82) is 0 Å². The molecular weight excluding hydrogens is 312 g/mol. The van der Waals surface area contributed by atoms with Crippen LogP contribution in [0, 0.1) is 0 Å². The molecule has 0 spiro atoms. The summed E-state index contributed by atoms with van der Waals surface area (Å²) in [6.07, 6.45) is 0. The van der Waals surface area contributed by atoms with Gasteiger partial charge < -0.3 is 5.32 Å². The van der Waals surface area contributed by atoms with Crippen LogP contribution in [0.3, 0.4) is 0 Å². The lowest BCUT2D eigenvalue weighted by Crippen LogP contribution is -2.34. The van der Waals surface area contributed by atoms with Crippen LogP contribution in [0.15, 0.2) is 78.9 Å². The van der Waals surface area contributed by atoms with Crippen molar-refractivity contribution in [3.05, 3.63) is 90.0 Å². The van der Waals surface area contributed by atoms with Crippen molar-refractivity contribution in [1.82, 2.24) is 4.90 Å². The molecule has 25 heavy (non-hydrogen) atoms. The van der Waals surface area contributed by atoms with Gasteiger partial charge in [0, 0.05) is 11.3 Å². The molecule has 0 unspecified atom stereocenters. The lowest BCUT2D eigenvalue weighted by Gasteiger charge is -2.18. The summed E-state index contributed by atoms with van der Waals surface area (Å²) in [5.74, 6) is -0.518. The average molecular weight is 328 g/mol. The van der Waals surface area contributed by atoms with E-state index in [1.807, 2.05) is 54.6 Å². The number of nitrogens with zero attached hydrogens (tertiary/aromatic N) is 1. The zero-order chi connectivity index (χ0) is 17.2. The minimum absolute atomic E-state index is 0.135. The fourth-order valence-electron chi connectivity index (χ4n) is 3.05. The highest BCUT2D eigenvalue weighted by Gasteiger charge is 2.34. The molecule has 2 amide bonds. The van der Waals surface area contributed by atoms with Gasteiger partial charge in [-0.15, -0.1) is 0 Å². The zero-order valence-electron chi connectivity index (χ0n) is 13.5. The lowest BCUT2D eigenvalue weighted by atomic mass is 10.0. The largest absolute Gasteiger partial charge is 0.367 e. The maximum Gasteiger partial charge on any atom is 0.263 e. The van der Waals surface area contributed by atoms with Crippen molar-refractivity contribution in [2.45, 2.75) is 0 Å². The zero-order valence-corrected chi connectivity index (χ0v) is 13.5. The molecule has 0 atom stereocenters. The molecular formula is C21H16N2O2. The molecule has 3 aromatic carbocycles. The molecule has 0 radical (unpaired) electrons. The first kappa shape index (κ1) is 15.1. The molecule has 3 aromatic rings. The number of rotatable bonds is 4. The number of para-hydroxylation sites is 1. The molecule has 4 heteroatoms. The van der Waals surface area contributed by atoms with E-state index in [4.69, 9.17) is 0 Å². The number of nitrogens with one attached hydrogen (secondary N) is 1. The second-order valence-electron chi connectivity index (χ2n) is 5.83. The van der Waals surface area contributed by atoms with Crippen LogP contribution in [0.25, 0.3) is 11.1 Å². The Morgan fingerprint density at radius 1 is 0.640 bits per heavy atom. The van der Waals surface area contributed by atoms with Gasteiger partial charge in [0.25, 0.3) is 11.8 Å². The molecule has 1 heterocycles. The number of hydrogen-bond acceptors (Lipinski definition) is 3. The van der Waals surface area contributed by atoms with Crippen LogP contribution in [0.5, 0.6) is 0 Å². The molecule has 1 N–H and O–H groups in total. The van der Waals surface area contributed by atoms with Crippen molar-refractivity contribution in [2.75, 3.05) is 12.0 Å². The van der Waals surface area contributed by atoms with Crippen LogP contribution >= 0.6 is 0 Å². The predicted octanol–water partition coefficient (Wildman–Crippen LogP) is 4.02. The van der Waals surface area contributed by atoms with Crippen molar-refractivity contribution < 1.29 is 9.59 Å². The summed E-state index contributed by atoms with van der Waals surface area (Å²) in [7, 11) is 0. The Balaban J connectivity index is 1.58. The van der Waals surface area contributed by atoms with E-state index in [-0.39, 0.29) is 18.5 Å². The summed E-state index contributed by atoms with van der Waals surface area (Å²) in [6, 6.07) is 24.8. The van der Waals surface area contributed by atoms with Crippen LogP contribution in [0.2, 0.25) is 0 Å². The molecule has 0 bridgehead atoms. The average Bonchev–Trinajstić information content (AvgIpc) is 2.92. The fraction of sp³-hybridized carbons (Fsp3) is 0.0476. The van der Waals surface area contributed by atoms with E-state index in [0.717, 1.165) is 16.8 Å². The Kier molecular flexibility index (Phi) is 3.78. The monoisotopic (exact) mass is 328 g/mol. The summed E-state index contributed by atoms with van der Waals surface area (Å²) in [6.45, 7) is 0.135. The van der Waals surface area contributed by atoms with E-state index >= 15 is 0 Å². The smallest absolute Gasteiger partial charge is 0.263 e. The third-order valence-corrected chi connectivity index (χ3v) is 4.32. The normalized spacial score (nSPS) is 13.0. The molecule has 4 nitrogen and oxygen atoms in total. The van der Waals surface area contributed by atoms with Gasteiger partial charge >= 0.3 is 0 Å². The maximum atomic E-state index is 12.4. The van der Waals surface area contributed by atoms with Gasteiger partial charge in [0.2, 0.25) is 0 Å². The Labute approximate surface area is 145 Å². The van der Waals surface area contributed by atoms with Gasteiger partial charge in [-0.25, -0.2) is 0 Å². The van der Waals surface area contributed by atoms with Gasteiger partial charge in [-0.2, -0.15) is 0 Å². The molecule has 4 rings (SSSR count).